The van der Waals surface area contributed by atoms with Crippen molar-refractivity contribution < 1.29 is 10.2 Å². The fraction of sp³-hybridized carbons (Fsp3) is 0.571. The van der Waals surface area contributed by atoms with Gasteiger partial charge in [-0.25, -0.2) is 0 Å². The van der Waals surface area contributed by atoms with E-state index in [1.165, 1.54) is 18.9 Å². The third kappa shape index (κ3) is 3.76. The van der Waals surface area contributed by atoms with Crippen LogP contribution in [-0.4, -0.2) is 10.2 Å². The first kappa shape index (κ1) is 12.9. The molecule has 0 bridgehead atoms. The van der Waals surface area contributed by atoms with Crippen LogP contribution in [-0.2, 0) is 0 Å². The van der Waals surface area contributed by atoms with Crippen molar-refractivity contribution in [1.29, 1.82) is 0 Å². The van der Waals surface area contributed by atoms with Crippen LogP contribution in [0.3, 0.4) is 0 Å². The highest BCUT2D eigenvalue weighted by Crippen LogP contribution is 2.32. The van der Waals surface area contributed by atoms with Crippen LogP contribution < -0.4 is 0 Å². The first-order chi connectivity index (χ1) is 7.67. The third-order valence-electron chi connectivity index (χ3n) is 2.94. The van der Waals surface area contributed by atoms with Crippen LogP contribution in [0.4, 0.5) is 0 Å². The minimum Gasteiger partial charge on any atom is -0.508 e. The van der Waals surface area contributed by atoms with Gasteiger partial charge in [-0.1, -0.05) is 33.1 Å². The van der Waals surface area contributed by atoms with Crippen molar-refractivity contribution in [2.75, 3.05) is 0 Å². The number of phenolic OH excluding ortho intramolecular Hbond substituents is 2. The molecule has 0 saturated carbocycles. The summed E-state index contributed by atoms with van der Waals surface area (Å²) >= 11 is 0. The van der Waals surface area contributed by atoms with Crippen molar-refractivity contribution in [3.63, 3.8) is 0 Å². The highest BCUT2D eigenvalue weighted by molar-refractivity contribution is 5.38. The van der Waals surface area contributed by atoms with Crippen molar-refractivity contribution in [2.24, 2.45) is 0 Å². The quantitative estimate of drug-likeness (QED) is 0.758. The van der Waals surface area contributed by atoms with E-state index < -0.39 is 0 Å². The molecular weight excluding hydrogens is 200 g/mol. The molecule has 16 heavy (non-hydrogen) atoms. The second-order valence-electron chi connectivity index (χ2n) is 4.41. The number of unbranched alkanes of at least 4 members (excludes halogenated alkanes) is 1. The van der Waals surface area contributed by atoms with Crippen molar-refractivity contribution in [3.05, 3.63) is 23.8 Å². The Balaban J connectivity index is 2.82. The number of phenols is 2. The molecule has 0 aliphatic rings. The monoisotopic (exact) mass is 222 g/mol. The van der Waals surface area contributed by atoms with Crippen LogP contribution in [0.1, 0.15) is 57.4 Å². The van der Waals surface area contributed by atoms with E-state index in [0.717, 1.165) is 24.8 Å². The van der Waals surface area contributed by atoms with Gasteiger partial charge in [0.2, 0.25) is 0 Å². The molecule has 0 aliphatic carbocycles. The smallest absolute Gasteiger partial charge is 0.119 e. The van der Waals surface area contributed by atoms with Gasteiger partial charge in [-0.15, -0.1) is 0 Å². The van der Waals surface area contributed by atoms with Gasteiger partial charge in [0.25, 0.3) is 0 Å². The predicted octanol–water partition coefficient (Wildman–Crippen LogP) is 4.17. The van der Waals surface area contributed by atoms with Gasteiger partial charge in [-0.2, -0.15) is 0 Å². The summed E-state index contributed by atoms with van der Waals surface area (Å²) in [6.07, 6.45) is 5.76. The first-order valence-electron chi connectivity index (χ1n) is 6.20. The van der Waals surface area contributed by atoms with Crippen LogP contribution in [0.2, 0.25) is 0 Å². The minimum absolute atomic E-state index is 0.160. The lowest BCUT2D eigenvalue weighted by Crippen LogP contribution is -1.98. The molecule has 0 aromatic heterocycles. The second kappa shape index (κ2) is 6.41. The molecule has 0 radical (unpaired) electrons. The maximum absolute atomic E-state index is 9.48. The lowest BCUT2D eigenvalue weighted by Gasteiger charge is -2.16. The number of aromatic hydroxyl groups is 2. The summed E-state index contributed by atoms with van der Waals surface area (Å²) in [4.78, 5) is 0. The second-order valence-corrected chi connectivity index (χ2v) is 4.41. The van der Waals surface area contributed by atoms with Crippen molar-refractivity contribution >= 4 is 0 Å². The molecule has 1 unspecified atom stereocenters. The molecule has 0 amide bonds. The Bertz CT molecular complexity index is 300. The fourth-order valence-corrected chi connectivity index (χ4v) is 2.13. The Hall–Kier alpha value is -1.18. The fourth-order valence-electron chi connectivity index (χ4n) is 2.13. The van der Waals surface area contributed by atoms with E-state index in [0.29, 0.717) is 5.92 Å². The molecular formula is C14H22O2. The Morgan fingerprint density at radius 1 is 0.938 bits per heavy atom. The molecule has 2 nitrogen and oxygen atoms in total. The first-order valence-corrected chi connectivity index (χ1v) is 6.20. The van der Waals surface area contributed by atoms with Crippen LogP contribution >= 0.6 is 0 Å². The molecule has 1 rings (SSSR count). The zero-order valence-electron chi connectivity index (χ0n) is 10.2. The Morgan fingerprint density at radius 2 is 1.56 bits per heavy atom. The third-order valence-corrected chi connectivity index (χ3v) is 2.94. The van der Waals surface area contributed by atoms with E-state index >= 15 is 0 Å². The summed E-state index contributed by atoms with van der Waals surface area (Å²) in [5.41, 5.74) is 1.06. The van der Waals surface area contributed by atoms with Crippen molar-refractivity contribution in [2.45, 2.75) is 51.9 Å². The summed E-state index contributed by atoms with van der Waals surface area (Å²) in [5, 5.41) is 19.0. The van der Waals surface area contributed by atoms with Crippen molar-refractivity contribution in [3.8, 4) is 11.5 Å². The number of hydrogen-bond donors (Lipinski definition) is 2. The van der Waals surface area contributed by atoms with Gasteiger partial charge in [-0.05, 0) is 36.5 Å². The number of hydrogen-bond acceptors (Lipinski definition) is 2. The maximum atomic E-state index is 9.48. The lowest BCUT2D eigenvalue weighted by atomic mass is 9.89. The van der Waals surface area contributed by atoms with E-state index in [2.05, 4.69) is 13.8 Å². The SMILES string of the molecule is CCCCC(CCC)c1cc(O)cc(O)c1. The Labute approximate surface area is 97.9 Å². The summed E-state index contributed by atoms with van der Waals surface area (Å²) in [6.45, 7) is 4.35. The van der Waals surface area contributed by atoms with Gasteiger partial charge < -0.3 is 10.2 Å². The molecule has 90 valence electrons. The molecule has 0 saturated heterocycles. The molecule has 1 aromatic rings. The molecule has 1 aromatic carbocycles. The molecule has 0 heterocycles. The van der Waals surface area contributed by atoms with Gasteiger partial charge in [0.1, 0.15) is 11.5 Å². The average molecular weight is 222 g/mol. The summed E-state index contributed by atoms with van der Waals surface area (Å²) in [6, 6.07) is 4.93. The molecule has 0 spiro atoms. The van der Waals surface area contributed by atoms with E-state index in [1.54, 1.807) is 12.1 Å². The number of rotatable bonds is 6. The predicted molar refractivity (Wildman–Crippen MR) is 66.9 cm³/mol. The van der Waals surface area contributed by atoms with Crippen molar-refractivity contribution in [1.82, 2.24) is 0 Å². The van der Waals surface area contributed by atoms with E-state index in [-0.39, 0.29) is 11.5 Å². The van der Waals surface area contributed by atoms with E-state index in [1.807, 2.05) is 0 Å². The molecule has 1 atom stereocenters. The molecule has 2 heteroatoms. The van der Waals surface area contributed by atoms with E-state index in [9.17, 15) is 10.2 Å². The van der Waals surface area contributed by atoms with E-state index in [4.69, 9.17) is 0 Å². The zero-order chi connectivity index (χ0) is 12.0. The van der Waals surface area contributed by atoms with Crippen LogP contribution in [0, 0.1) is 0 Å². The van der Waals surface area contributed by atoms with Crippen LogP contribution in [0.25, 0.3) is 0 Å². The standard InChI is InChI=1S/C14H22O2/c1-3-5-7-11(6-4-2)12-8-13(15)10-14(16)9-12/h8-11,15-16H,3-7H2,1-2H3. The zero-order valence-corrected chi connectivity index (χ0v) is 10.2. The van der Waals surface area contributed by atoms with Gasteiger partial charge >= 0.3 is 0 Å². The minimum atomic E-state index is 0.160. The molecule has 0 fully saturated rings. The average Bonchev–Trinajstić information content (AvgIpc) is 2.22. The van der Waals surface area contributed by atoms with Gasteiger partial charge in [0.15, 0.2) is 0 Å². The summed E-state index contributed by atoms with van der Waals surface area (Å²) < 4.78 is 0. The van der Waals surface area contributed by atoms with Crippen LogP contribution in [0.5, 0.6) is 11.5 Å². The van der Waals surface area contributed by atoms with Crippen LogP contribution in [0.15, 0.2) is 18.2 Å². The lowest BCUT2D eigenvalue weighted by molar-refractivity contribution is 0.445. The Morgan fingerprint density at radius 3 is 2.06 bits per heavy atom. The topological polar surface area (TPSA) is 40.5 Å². The maximum Gasteiger partial charge on any atom is 0.119 e. The van der Waals surface area contributed by atoms with Gasteiger partial charge in [0.05, 0.1) is 0 Å². The molecule has 0 aliphatic heterocycles. The largest absolute Gasteiger partial charge is 0.508 e. The highest BCUT2D eigenvalue weighted by Gasteiger charge is 2.12. The van der Waals surface area contributed by atoms with Gasteiger partial charge in [0, 0.05) is 6.07 Å². The summed E-state index contributed by atoms with van der Waals surface area (Å²) in [7, 11) is 0. The molecule has 2 N–H and O–H groups in total. The summed E-state index contributed by atoms with van der Waals surface area (Å²) in [5.74, 6) is 0.781. The highest BCUT2D eigenvalue weighted by atomic mass is 16.3. The number of benzene rings is 1. The Kier molecular flexibility index (Phi) is 5.17. The normalized spacial score (nSPS) is 12.6. The van der Waals surface area contributed by atoms with Gasteiger partial charge in [-0.3, -0.25) is 0 Å².